The van der Waals surface area contributed by atoms with Gasteiger partial charge in [-0.05, 0) is 74.7 Å². The average molecular weight is 429 g/mol. The first kappa shape index (κ1) is 21.6. The van der Waals surface area contributed by atoms with Gasteiger partial charge in [-0.15, -0.1) is 0 Å². The Kier molecular flexibility index (Phi) is 7.61. The Morgan fingerprint density at radius 2 is 1.90 bits per heavy atom. The third kappa shape index (κ3) is 5.52. The standard InChI is InChI=1S/C24H36N4OS/c1-2-3-8-23(29)25-20-11-9-19(10-12-20)13-14-27-15-17-28(18-16-27)24-21-6-4-5-7-22(21)30-26-24/h4-7,19-20H,2-3,8-18H2,1H3,(H,25,29)/t19-,20-. The van der Waals surface area contributed by atoms with Crippen molar-refractivity contribution in [3.05, 3.63) is 24.3 Å². The Morgan fingerprint density at radius 1 is 1.13 bits per heavy atom. The third-order valence-electron chi connectivity index (χ3n) is 6.85. The van der Waals surface area contributed by atoms with Crippen LogP contribution in [-0.2, 0) is 4.79 Å². The molecule has 6 heteroatoms. The minimum absolute atomic E-state index is 0.256. The molecule has 1 saturated heterocycles. The summed E-state index contributed by atoms with van der Waals surface area (Å²) in [5.41, 5.74) is 0. The van der Waals surface area contributed by atoms with Gasteiger partial charge in [0.15, 0.2) is 0 Å². The van der Waals surface area contributed by atoms with Crippen LogP contribution >= 0.6 is 11.5 Å². The first-order valence-corrected chi connectivity index (χ1v) is 12.6. The number of benzene rings is 1. The Balaban J connectivity index is 1.15. The van der Waals surface area contributed by atoms with Gasteiger partial charge in [-0.2, -0.15) is 4.37 Å². The number of fused-ring (bicyclic) bond motifs is 1. The molecule has 2 aliphatic rings. The molecule has 0 atom stereocenters. The largest absolute Gasteiger partial charge is 0.353 e. The van der Waals surface area contributed by atoms with Gasteiger partial charge in [-0.25, -0.2) is 0 Å². The highest BCUT2D eigenvalue weighted by atomic mass is 32.1. The van der Waals surface area contributed by atoms with Gasteiger partial charge in [-0.3, -0.25) is 9.69 Å². The molecule has 1 N–H and O–H groups in total. The van der Waals surface area contributed by atoms with Gasteiger partial charge in [0.25, 0.3) is 0 Å². The molecule has 5 nitrogen and oxygen atoms in total. The van der Waals surface area contributed by atoms with E-state index in [1.807, 2.05) is 0 Å². The second kappa shape index (κ2) is 10.6. The third-order valence-corrected chi connectivity index (χ3v) is 7.67. The maximum Gasteiger partial charge on any atom is 0.220 e. The van der Waals surface area contributed by atoms with Crippen molar-refractivity contribution in [2.45, 2.75) is 64.3 Å². The van der Waals surface area contributed by atoms with Crippen molar-refractivity contribution in [3.63, 3.8) is 0 Å². The zero-order chi connectivity index (χ0) is 20.8. The van der Waals surface area contributed by atoms with E-state index in [4.69, 9.17) is 4.37 Å². The zero-order valence-corrected chi connectivity index (χ0v) is 19.1. The van der Waals surface area contributed by atoms with Gasteiger partial charge >= 0.3 is 0 Å². The van der Waals surface area contributed by atoms with Crippen LogP contribution in [0.3, 0.4) is 0 Å². The molecule has 0 bridgehead atoms. The van der Waals surface area contributed by atoms with Crippen molar-refractivity contribution >= 4 is 33.3 Å². The molecule has 2 heterocycles. The van der Waals surface area contributed by atoms with Gasteiger partial charge in [0.1, 0.15) is 5.82 Å². The summed E-state index contributed by atoms with van der Waals surface area (Å²) in [5, 5.41) is 4.55. The smallest absolute Gasteiger partial charge is 0.220 e. The maximum atomic E-state index is 11.9. The molecule has 0 radical (unpaired) electrons. The van der Waals surface area contributed by atoms with Gasteiger partial charge < -0.3 is 10.2 Å². The Hall–Kier alpha value is -1.66. The molecule has 2 fully saturated rings. The summed E-state index contributed by atoms with van der Waals surface area (Å²) in [6.07, 6.45) is 8.95. The lowest BCUT2D eigenvalue weighted by Crippen LogP contribution is -2.47. The number of anilines is 1. The minimum Gasteiger partial charge on any atom is -0.353 e. The number of nitrogens with one attached hydrogen (secondary N) is 1. The van der Waals surface area contributed by atoms with Crippen LogP contribution in [0.15, 0.2) is 24.3 Å². The summed E-state index contributed by atoms with van der Waals surface area (Å²) in [4.78, 5) is 17.0. The monoisotopic (exact) mass is 428 g/mol. The van der Waals surface area contributed by atoms with Crippen molar-refractivity contribution < 1.29 is 4.79 Å². The Bertz CT molecular complexity index is 806. The average Bonchev–Trinajstić information content (AvgIpc) is 3.22. The van der Waals surface area contributed by atoms with Gasteiger partial charge in [0, 0.05) is 44.0 Å². The molecule has 1 aliphatic carbocycles. The van der Waals surface area contributed by atoms with Crippen LogP contribution in [0.1, 0.15) is 58.3 Å². The summed E-state index contributed by atoms with van der Waals surface area (Å²) >= 11 is 1.61. The topological polar surface area (TPSA) is 48.5 Å². The second-order valence-electron chi connectivity index (χ2n) is 9.01. The number of carbonyl (C=O) groups excluding carboxylic acids is 1. The predicted octanol–water partition coefficient (Wildman–Crippen LogP) is 4.67. The number of piperazine rings is 1. The summed E-state index contributed by atoms with van der Waals surface area (Å²) in [6, 6.07) is 8.99. The van der Waals surface area contributed by atoms with E-state index in [0.717, 1.165) is 57.8 Å². The van der Waals surface area contributed by atoms with Gasteiger partial charge in [-0.1, -0.05) is 25.5 Å². The van der Waals surface area contributed by atoms with Crippen molar-refractivity contribution in [3.8, 4) is 0 Å². The lowest BCUT2D eigenvalue weighted by atomic mass is 9.84. The molecule has 164 valence electrons. The normalized spacial score (nSPS) is 23.0. The fourth-order valence-corrected chi connectivity index (χ4v) is 5.68. The van der Waals surface area contributed by atoms with Crippen LogP contribution in [0.2, 0.25) is 0 Å². The van der Waals surface area contributed by atoms with Crippen LogP contribution in [0.4, 0.5) is 5.82 Å². The molecule has 4 rings (SSSR count). The number of hydrogen-bond donors (Lipinski definition) is 1. The molecule has 1 amide bonds. The molecule has 2 aromatic rings. The van der Waals surface area contributed by atoms with Crippen LogP contribution in [-0.4, -0.2) is 53.9 Å². The maximum absolute atomic E-state index is 11.9. The van der Waals surface area contributed by atoms with E-state index in [-0.39, 0.29) is 5.91 Å². The number of aromatic nitrogens is 1. The summed E-state index contributed by atoms with van der Waals surface area (Å²) < 4.78 is 6.01. The molecule has 30 heavy (non-hydrogen) atoms. The number of hydrogen-bond acceptors (Lipinski definition) is 5. The lowest BCUT2D eigenvalue weighted by Gasteiger charge is -2.36. The number of nitrogens with zero attached hydrogens (tertiary/aromatic N) is 3. The number of amides is 1. The lowest BCUT2D eigenvalue weighted by molar-refractivity contribution is -0.122. The second-order valence-corrected chi connectivity index (χ2v) is 9.81. The van der Waals surface area contributed by atoms with E-state index in [0.29, 0.717) is 12.5 Å². The van der Waals surface area contributed by atoms with Crippen molar-refractivity contribution in [2.75, 3.05) is 37.6 Å². The van der Waals surface area contributed by atoms with E-state index in [1.165, 1.54) is 41.7 Å². The van der Waals surface area contributed by atoms with Crippen molar-refractivity contribution in [1.29, 1.82) is 0 Å². The van der Waals surface area contributed by atoms with E-state index < -0.39 is 0 Å². The van der Waals surface area contributed by atoms with Crippen LogP contribution < -0.4 is 10.2 Å². The fraction of sp³-hybridized carbons (Fsp3) is 0.667. The van der Waals surface area contributed by atoms with Crippen molar-refractivity contribution in [1.82, 2.24) is 14.6 Å². The number of carbonyl (C=O) groups is 1. The van der Waals surface area contributed by atoms with E-state index in [2.05, 4.69) is 46.3 Å². The quantitative estimate of drug-likeness (QED) is 0.664. The molecule has 1 aliphatic heterocycles. The van der Waals surface area contributed by atoms with Gasteiger partial charge in [0.05, 0.1) is 4.70 Å². The molecule has 1 aromatic heterocycles. The molecular formula is C24H36N4OS. The predicted molar refractivity (Wildman–Crippen MR) is 126 cm³/mol. The molecule has 1 saturated carbocycles. The summed E-state index contributed by atoms with van der Waals surface area (Å²) in [6.45, 7) is 7.76. The number of rotatable bonds is 8. The van der Waals surface area contributed by atoms with E-state index in [1.54, 1.807) is 11.5 Å². The molecule has 0 spiro atoms. The minimum atomic E-state index is 0.256. The highest BCUT2D eigenvalue weighted by Crippen LogP contribution is 2.30. The van der Waals surface area contributed by atoms with Crippen LogP contribution in [0, 0.1) is 5.92 Å². The Labute approximate surface area is 185 Å². The van der Waals surface area contributed by atoms with E-state index >= 15 is 0 Å². The highest BCUT2D eigenvalue weighted by molar-refractivity contribution is 7.13. The first-order chi connectivity index (χ1) is 14.7. The zero-order valence-electron chi connectivity index (χ0n) is 18.3. The fourth-order valence-electron chi connectivity index (χ4n) is 4.88. The SMILES string of the molecule is CCCCC(=O)N[C@H]1CC[C@H](CCN2CCN(c3nsc4ccccc34)CC2)CC1. The molecular weight excluding hydrogens is 392 g/mol. The summed E-state index contributed by atoms with van der Waals surface area (Å²) in [5.74, 6) is 2.26. The molecule has 0 unspecified atom stereocenters. The highest BCUT2D eigenvalue weighted by Gasteiger charge is 2.24. The summed E-state index contributed by atoms with van der Waals surface area (Å²) in [7, 11) is 0. The van der Waals surface area contributed by atoms with Gasteiger partial charge in [0.2, 0.25) is 5.91 Å². The Morgan fingerprint density at radius 3 is 2.67 bits per heavy atom. The number of unbranched alkanes of at least 4 members (excludes halogenated alkanes) is 1. The van der Waals surface area contributed by atoms with Crippen LogP contribution in [0.25, 0.3) is 10.1 Å². The van der Waals surface area contributed by atoms with Crippen LogP contribution in [0.5, 0.6) is 0 Å². The van der Waals surface area contributed by atoms with E-state index in [9.17, 15) is 4.79 Å². The first-order valence-electron chi connectivity index (χ1n) is 11.8. The van der Waals surface area contributed by atoms with Crippen molar-refractivity contribution in [2.24, 2.45) is 5.92 Å². The molecule has 1 aromatic carbocycles.